The van der Waals surface area contributed by atoms with Crippen molar-refractivity contribution in [1.29, 1.82) is 0 Å². The van der Waals surface area contributed by atoms with Gasteiger partial charge >= 0.3 is 19.8 Å². The first-order chi connectivity index (χ1) is 36.8. The summed E-state index contributed by atoms with van der Waals surface area (Å²) >= 11 is 0. The minimum absolute atomic E-state index is 0.0500. The van der Waals surface area contributed by atoms with E-state index in [1.54, 1.807) is 0 Å². The lowest BCUT2D eigenvalue weighted by molar-refractivity contribution is -0.161. The number of carbonyl (C=O) groups is 2. The van der Waals surface area contributed by atoms with E-state index in [0.717, 1.165) is 83.5 Å². The first-order valence-corrected chi connectivity index (χ1v) is 32.6. The smallest absolute Gasteiger partial charge is 0.462 e. The molecule has 0 radical (unpaired) electrons. The second kappa shape index (κ2) is 60.4. The summed E-state index contributed by atoms with van der Waals surface area (Å²) in [6.45, 7) is 3.65. The van der Waals surface area contributed by atoms with Crippen LogP contribution >= 0.6 is 7.82 Å². The molecule has 0 bridgehead atoms. The highest BCUT2D eigenvalue weighted by molar-refractivity contribution is 7.47. The fourth-order valence-electron chi connectivity index (χ4n) is 8.69. The van der Waals surface area contributed by atoms with Gasteiger partial charge < -0.3 is 20.1 Å². The lowest BCUT2D eigenvalue weighted by atomic mass is 10.0. The molecular weight excluding hydrogens is 954 g/mol. The van der Waals surface area contributed by atoms with Crippen molar-refractivity contribution in [2.24, 2.45) is 5.73 Å². The summed E-state index contributed by atoms with van der Waals surface area (Å²) in [6.07, 6.45) is 79.3. The Kier molecular flexibility index (Phi) is 58.2. The number of phosphoric ester groups is 1. The Labute approximate surface area is 462 Å². The average Bonchev–Trinajstić information content (AvgIpc) is 3.40. The number of phosphoric acid groups is 1. The Bertz CT molecular complexity index is 1500. The van der Waals surface area contributed by atoms with E-state index in [1.165, 1.54) is 167 Å². The third-order valence-electron chi connectivity index (χ3n) is 13.3. The second-order valence-corrected chi connectivity index (χ2v) is 22.0. The molecule has 0 aromatic heterocycles. The van der Waals surface area contributed by atoms with Gasteiger partial charge in [-0.15, -0.1) is 0 Å². The third-order valence-corrected chi connectivity index (χ3v) is 14.2. The highest BCUT2D eigenvalue weighted by atomic mass is 31.2. The summed E-state index contributed by atoms with van der Waals surface area (Å²) in [7, 11) is -4.39. The van der Waals surface area contributed by atoms with Crippen molar-refractivity contribution >= 4 is 19.8 Å². The monoisotopic (exact) mass is 1070 g/mol. The van der Waals surface area contributed by atoms with Gasteiger partial charge in [0.05, 0.1) is 13.2 Å². The van der Waals surface area contributed by atoms with Gasteiger partial charge in [-0.1, -0.05) is 266 Å². The van der Waals surface area contributed by atoms with Crippen LogP contribution in [0.25, 0.3) is 0 Å². The number of allylic oxidation sites excluding steroid dienone is 14. The molecule has 2 unspecified atom stereocenters. The van der Waals surface area contributed by atoms with Crippen LogP contribution < -0.4 is 5.73 Å². The molecule has 0 aliphatic carbocycles. The minimum atomic E-state index is -4.39. The van der Waals surface area contributed by atoms with Crippen LogP contribution in [0.4, 0.5) is 0 Å². The van der Waals surface area contributed by atoms with Crippen LogP contribution in [-0.2, 0) is 32.7 Å². The maximum Gasteiger partial charge on any atom is 0.472 e. The van der Waals surface area contributed by atoms with Gasteiger partial charge in [-0.25, -0.2) is 4.57 Å². The number of hydrogen-bond acceptors (Lipinski definition) is 8. The molecule has 75 heavy (non-hydrogen) atoms. The average molecular weight is 1070 g/mol. The normalized spacial score (nSPS) is 13.6. The highest BCUT2D eigenvalue weighted by Crippen LogP contribution is 2.43. The summed E-state index contributed by atoms with van der Waals surface area (Å²) in [4.78, 5) is 35.3. The zero-order valence-electron chi connectivity index (χ0n) is 48.5. The van der Waals surface area contributed by atoms with Crippen molar-refractivity contribution < 1.29 is 37.6 Å². The molecule has 2 atom stereocenters. The number of hydrogen-bond donors (Lipinski definition) is 2. The molecule has 0 rings (SSSR count). The molecule has 9 nitrogen and oxygen atoms in total. The Morgan fingerprint density at radius 2 is 0.733 bits per heavy atom. The van der Waals surface area contributed by atoms with Gasteiger partial charge in [0, 0.05) is 19.4 Å². The third kappa shape index (κ3) is 60.3. The molecule has 0 aliphatic heterocycles. The predicted octanol–water partition coefficient (Wildman–Crippen LogP) is 19.9. The zero-order chi connectivity index (χ0) is 54.5. The van der Waals surface area contributed by atoms with Crippen LogP contribution in [0.2, 0.25) is 0 Å². The van der Waals surface area contributed by atoms with Gasteiger partial charge in [0.1, 0.15) is 6.61 Å². The number of nitrogens with two attached hydrogens (primary N) is 1. The molecule has 0 aromatic carbocycles. The lowest BCUT2D eigenvalue weighted by Gasteiger charge is -2.19. The van der Waals surface area contributed by atoms with Crippen molar-refractivity contribution in [1.82, 2.24) is 0 Å². The van der Waals surface area contributed by atoms with Gasteiger partial charge in [0.25, 0.3) is 0 Å². The molecule has 0 aliphatic rings. The number of ether oxygens (including phenoxy) is 2. The van der Waals surface area contributed by atoms with Gasteiger partial charge in [-0.05, 0) is 89.9 Å². The van der Waals surface area contributed by atoms with Crippen molar-refractivity contribution in [3.63, 3.8) is 0 Å². The van der Waals surface area contributed by atoms with E-state index < -0.39 is 26.5 Å². The van der Waals surface area contributed by atoms with Crippen LogP contribution in [0.1, 0.15) is 284 Å². The fourth-order valence-corrected chi connectivity index (χ4v) is 9.46. The largest absolute Gasteiger partial charge is 0.472 e. The van der Waals surface area contributed by atoms with E-state index in [1.807, 2.05) is 0 Å². The molecule has 0 saturated carbocycles. The number of unbranched alkanes of at least 4 members (excludes halogenated alkanes) is 31. The van der Waals surface area contributed by atoms with Crippen LogP contribution in [0.3, 0.4) is 0 Å². The predicted molar refractivity (Wildman–Crippen MR) is 321 cm³/mol. The summed E-state index contributed by atoms with van der Waals surface area (Å²) < 4.78 is 33.1. The number of carbonyl (C=O) groups excluding carboxylic acids is 2. The molecule has 0 fully saturated rings. The maximum atomic E-state index is 12.7. The molecular formula is C65H116NO8P. The molecule has 0 spiro atoms. The van der Waals surface area contributed by atoms with E-state index in [4.69, 9.17) is 24.3 Å². The SMILES string of the molecule is CC/C=C\C/C=C\C/C=C\C/C=C\C/C=C\C/C=C\CCCCCCCCCCCCC(=O)OC(COC(=O)CCCCCCCCCCCCCCC/C=C\CCCCCCCCCC)COP(=O)(O)OCCN. The van der Waals surface area contributed by atoms with Crippen molar-refractivity contribution in [2.45, 2.75) is 290 Å². The standard InChI is InChI=1S/C65H116NO8P/c1-3-5-7-9-11-13-15-17-19-21-23-25-27-29-30-31-32-34-36-38-40-42-44-46-48-50-52-54-56-58-65(68)74-63(62-73-75(69,70)72-60-59-66)61-71-64(67)57-55-53-51-49-47-45-43-41-39-37-35-33-28-26-24-22-20-18-16-14-12-10-8-6-4-2/h5,7,11,13,17,19,22-25,29-30,32,34,63H,3-4,6,8-10,12,14-16,18,20-21,26-28,31,33,35-62,66H2,1-2H3,(H,69,70)/b7-5-,13-11-,19-17-,24-22-,25-23-,30-29-,34-32-. The Morgan fingerprint density at radius 1 is 0.413 bits per heavy atom. The van der Waals surface area contributed by atoms with Crippen molar-refractivity contribution in [3.05, 3.63) is 85.1 Å². The zero-order valence-corrected chi connectivity index (χ0v) is 49.4. The summed E-state index contributed by atoms with van der Waals surface area (Å²) in [5, 5.41) is 0. The molecule has 434 valence electrons. The van der Waals surface area contributed by atoms with Crippen LogP contribution in [0.15, 0.2) is 85.1 Å². The van der Waals surface area contributed by atoms with Gasteiger partial charge in [0.15, 0.2) is 6.10 Å². The Morgan fingerprint density at radius 3 is 1.11 bits per heavy atom. The second-order valence-electron chi connectivity index (χ2n) is 20.5. The topological polar surface area (TPSA) is 134 Å². The number of esters is 2. The van der Waals surface area contributed by atoms with Crippen molar-refractivity contribution in [3.8, 4) is 0 Å². The van der Waals surface area contributed by atoms with E-state index in [-0.39, 0.29) is 38.6 Å². The first-order valence-electron chi connectivity index (χ1n) is 31.1. The summed E-state index contributed by atoms with van der Waals surface area (Å²) in [6, 6.07) is 0. The quantitative estimate of drug-likeness (QED) is 0.0264. The van der Waals surface area contributed by atoms with Crippen LogP contribution in [0, 0.1) is 0 Å². The molecule has 0 heterocycles. The van der Waals surface area contributed by atoms with Crippen molar-refractivity contribution in [2.75, 3.05) is 26.4 Å². The summed E-state index contributed by atoms with van der Waals surface area (Å²) in [5.41, 5.74) is 5.39. The Hall–Kier alpha value is -2.81. The molecule has 3 N–H and O–H groups in total. The van der Waals surface area contributed by atoms with E-state index in [9.17, 15) is 19.0 Å². The van der Waals surface area contributed by atoms with E-state index in [2.05, 4.69) is 98.9 Å². The van der Waals surface area contributed by atoms with Gasteiger partial charge in [0.2, 0.25) is 0 Å². The molecule has 0 aromatic rings. The summed E-state index contributed by atoms with van der Waals surface area (Å²) in [5.74, 6) is -0.827. The molecule has 0 amide bonds. The van der Waals surface area contributed by atoms with E-state index >= 15 is 0 Å². The number of rotatable bonds is 58. The van der Waals surface area contributed by atoms with Gasteiger partial charge in [-0.3, -0.25) is 18.6 Å². The van der Waals surface area contributed by atoms with Crippen LogP contribution in [0.5, 0.6) is 0 Å². The molecule has 0 saturated heterocycles. The first kappa shape index (κ1) is 72.2. The highest BCUT2D eigenvalue weighted by Gasteiger charge is 2.26. The van der Waals surface area contributed by atoms with E-state index in [0.29, 0.717) is 6.42 Å². The van der Waals surface area contributed by atoms with Gasteiger partial charge in [-0.2, -0.15) is 0 Å². The lowest BCUT2D eigenvalue weighted by Crippen LogP contribution is -2.29. The van der Waals surface area contributed by atoms with Crippen LogP contribution in [-0.4, -0.2) is 49.3 Å². The maximum absolute atomic E-state index is 12.7. The fraction of sp³-hybridized carbons (Fsp3) is 0.754. The molecule has 10 heteroatoms. The minimum Gasteiger partial charge on any atom is -0.462 e. The Balaban J connectivity index is 3.96.